The molecule has 0 atom stereocenters. The van der Waals surface area contributed by atoms with Crippen molar-refractivity contribution in [2.24, 2.45) is 5.73 Å². The largest absolute Gasteiger partial charge is 0.349 e. The van der Waals surface area contributed by atoms with Gasteiger partial charge in [-0.05, 0) is 62.9 Å². The zero-order valence-electron chi connectivity index (χ0n) is 15.7. The third-order valence-electron chi connectivity index (χ3n) is 4.82. The Morgan fingerprint density at radius 3 is 2.32 bits per heavy atom. The number of nitrogens with one attached hydrogen (secondary N) is 2. The second-order valence-electron chi connectivity index (χ2n) is 7.08. The van der Waals surface area contributed by atoms with Gasteiger partial charge in [0.05, 0.1) is 4.90 Å². The van der Waals surface area contributed by atoms with Crippen LogP contribution in [0.3, 0.4) is 0 Å². The Hall–Kier alpha value is -2.09. The molecule has 1 amide bonds. The van der Waals surface area contributed by atoms with Crippen molar-refractivity contribution in [3.8, 4) is 0 Å². The highest BCUT2D eigenvalue weighted by molar-refractivity contribution is 7.92. The van der Waals surface area contributed by atoms with E-state index in [0.717, 1.165) is 31.2 Å². The van der Waals surface area contributed by atoms with Crippen LogP contribution in [0.4, 0.5) is 5.69 Å². The number of benzene rings is 2. The van der Waals surface area contributed by atoms with Gasteiger partial charge in [-0.25, -0.2) is 8.42 Å². The SMILES string of the molecule is Cc1ccc(NS(=O)(=O)c2cccc(C(=O)NC3CCC(N)CC3)c2)cc1.Cl. The van der Waals surface area contributed by atoms with Gasteiger partial charge in [0, 0.05) is 23.3 Å². The van der Waals surface area contributed by atoms with E-state index in [1.165, 1.54) is 12.1 Å². The van der Waals surface area contributed by atoms with Crippen LogP contribution in [-0.4, -0.2) is 26.4 Å². The second kappa shape index (κ2) is 9.41. The number of aryl methyl sites for hydroxylation is 1. The van der Waals surface area contributed by atoms with Gasteiger partial charge in [-0.1, -0.05) is 23.8 Å². The van der Waals surface area contributed by atoms with Gasteiger partial charge >= 0.3 is 0 Å². The van der Waals surface area contributed by atoms with Gasteiger partial charge < -0.3 is 11.1 Å². The minimum Gasteiger partial charge on any atom is -0.349 e. The van der Waals surface area contributed by atoms with Crippen LogP contribution in [0.25, 0.3) is 0 Å². The van der Waals surface area contributed by atoms with E-state index >= 15 is 0 Å². The highest BCUT2D eigenvalue weighted by Crippen LogP contribution is 2.20. The molecule has 1 aliphatic carbocycles. The Morgan fingerprint density at radius 2 is 1.68 bits per heavy atom. The molecule has 2 aromatic rings. The molecule has 4 N–H and O–H groups in total. The Kier molecular flexibility index (Phi) is 7.46. The maximum atomic E-state index is 12.6. The van der Waals surface area contributed by atoms with Crippen molar-refractivity contribution in [1.29, 1.82) is 0 Å². The summed E-state index contributed by atoms with van der Waals surface area (Å²) >= 11 is 0. The molecule has 0 aromatic heterocycles. The average molecular weight is 424 g/mol. The van der Waals surface area contributed by atoms with Crippen molar-refractivity contribution in [3.63, 3.8) is 0 Å². The fraction of sp³-hybridized carbons (Fsp3) is 0.350. The first-order valence-electron chi connectivity index (χ1n) is 9.09. The molecule has 0 saturated heterocycles. The number of nitrogens with two attached hydrogens (primary N) is 1. The maximum Gasteiger partial charge on any atom is 0.261 e. The molecular weight excluding hydrogens is 398 g/mol. The number of hydrogen-bond donors (Lipinski definition) is 3. The second-order valence-corrected chi connectivity index (χ2v) is 8.77. The Labute approximate surface area is 172 Å². The molecular formula is C20H26ClN3O3S. The van der Waals surface area contributed by atoms with Gasteiger partial charge in [0.15, 0.2) is 0 Å². The van der Waals surface area contributed by atoms with Gasteiger partial charge in [0.25, 0.3) is 15.9 Å². The van der Waals surface area contributed by atoms with E-state index in [2.05, 4.69) is 10.0 Å². The monoisotopic (exact) mass is 423 g/mol. The lowest BCUT2D eigenvalue weighted by molar-refractivity contribution is 0.0925. The fourth-order valence-corrected chi connectivity index (χ4v) is 4.28. The predicted octanol–water partition coefficient (Wildman–Crippen LogP) is 3.22. The number of anilines is 1. The van der Waals surface area contributed by atoms with Gasteiger partial charge in [-0.15, -0.1) is 12.4 Å². The summed E-state index contributed by atoms with van der Waals surface area (Å²) in [5.74, 6) is -0.261. The summed E-state index contributed by atoms with van der Waals surface area (Å²) in [6.45, 7) is 1.93. The molecule has 0 radical (unpaired) electrons. The Morgan fingerprint density at radius 1 is 1.04 bits per heavy atom. The van der Waals surface area contributed by atoms with Gasteiger partial charge in [-0.3, -0.25) is 9.52 Å². The molecule has 0 spiro atoms. The van der Waals surface area contributed by atoms with Crippen LogP contribution in [0.5, 0.6) is 0 Å². The highest BCUT2D eigenvalue weighted by Gasteiger charge is 2.22. The molecule has 8 heteroatoms. The van der Waals surface area contributed by atoms with E-state index in [-0.39, 0.29) is 35.3 Å². The van der Waals surface area contributed by atoms with Crippen LogP contribution >= 0.6 is 12.4 Å². The summed E-state index contributed by atoms with van der Waals surface area (Å²) in [6, 6.07) is 13.4. The number of carbonyl (C=O) groups is 1. The van der Waals surface area contributed by atoms with Crippen LogP contribution in [0, 0.1) is 6.92 Å². The van der Waals surface area contributed by atoms with E-state index in [1.807, 2.05) is 19.1 Å². The minimum absolute atomic E-state index is 0. The molecule has 0 unspecified atom stereocenters. The molecule has 2 aromatic carbocycles. The lowest BCUT2D eigenvalue weighted by Gasteiger charge is -2.26. The van der Waals surface area contributed by atoms with Crippen molar-refractivity contribution >= 4 is 34.0 Å². The summed E-state index contributed by atoms with van der Waals surface area (Å²) in [6.07, 6.45) is 3.47. The van der Waals surface area contributed by atoms with Gasteiger partial charge in [-0.2, -0.15) is 0 Å². The predicted molar refractivity (Wildman–Crippen MR) is 113 cm³/mol. The molecule has 3 rings (SSSR count). The van der Waals surface area contributed by atoms with Gasteiger partial charge in [0.2, 0.25) is 0 Å². The normalized spacial score (nSPS) is 19.4. The van der Waals surface area contributed by atoms with E-state index in [9.17, 15) is 13.2 Å². The van der Waals surface area contributed by atoms with E-state index in [1.54, 1.807) is 24.3 Å². The van der Waals surface area contributed by atoms with Crippen molar-refractivity contribution in [2.45, 2.75) is 49.6 Å². The zero-order chi connectivity index (χ0) is 19.4. The third-order valence-corrected chi connectivity index (χ3v) is 6.20. The van der Waals surface area contributed by atoms with Crippen molar-refractivity contribution in [3.05, 3.63) is 59.7 Å². The quantitative estimate of drug-likeness (QED) is 0.687. The number of hydrogen-bond acceptors (Lipinski definition) is 4. The molecule has 0 bridgehead atoms. The maximum absolute atomic E-state index is 12.6. The van der Waals surface area contributed by atoms with Crippen LogP contribution in [0.1, 0.15) is 41.6 Å². The number of carbonyl (C=O) groups excluding carboxylic acids is 1. The molecule has 1 saturated carbocycles. The van der Waals surface area contributed by atoms with E-state index in [4.69, 9.17) is 5.73 Å². The fourth-order valence-electron chi connectivity index (χ4n) is 3.17. The molecule has 1 aliphatic rings. The summed E-state index contributed by atoms with van der Waals surface area (Å²) in [5.41, 5.74) is 7.74. The van der Waals surface area contributed by atoms with Crippen LogP contribution in [0.15, 0.2) is 53.4 Å². The van der Waals surface area contributed by atoms with Gasteiger partial charge in [0.1, 0.15) is 0 Å². The first kappa shape index (κ1) is 22.2. The summed E-state index contributed by atoms with van der Waals surface area (Å²) in [7, 11) is -3.77. The number of rotatable bonds is 5. The van der Waals surface area contributed by atoms with Crippen molar-refractivity contribution in [1.82, 2.24) is 5.32 Å². The summed E-state index contributed by atoms with van der Waals surface area (Å²) in [5, 5.41) is 2.98. The molecule has 0 aliphatic heterocycles. The highest BCUT2D eigenvalue weighted by atomic mass is 35.5. The Balaban J connectivity index is 0.00000280. The smallest absolute Gasteiger partial charge is 0.261 e. The standard InChI is InChI=1S/C20H25N3O3S.ClH/c1-14-5-9-18(10-6-14)23-27(25,26)19-4-2-3-15(13-19)20(24)22-17-11-7-16(21)8-12-17;/h2-6,9-10,13,16-17,23H,7-8,11-12,21H2,1H3,(H,22,24);1H. The van der Waals surface area contributed by atoms with Crippen LogP contribution in [-0.2, 0) is 10.0 Å². The average Bonchev–Trinajstić information content (AvgIpc) is 2.65. The molecule has 152 valence electrons. The Bertz CT molecular complexity index is 909. The molecule has 1 fully saturated rings. The van der Waals surface area contributed by atoms with Crippen molar-refractivity contribution < 1.29 is 13.2 Å². The number of amides is 1. The third kappa shape index (κ3) is 5.70. The van der Waals surface area contributed by atoms with Crippen molar-refractivity contribution in [2.75, 3.05) is 4.72 Å². The number of sulfonamides is 1. The van der Waals surface area contributed by atoms with E-state index < -0.39 is 10.0 Å². The lowest BCUT2D eigenvalue weighted by atomic mass is 9.91. The summed E-state index contributed by atoms with van der Waals surface area (Å²) < 4.78 is 27.8. The number of halogens is 1. The molecule has 28 heavy (non-hydrogen) atoms. The summed E-state index contributed by atoms with van der Waals surface area (Å²) in [4.78, 5) is 12.6. The zero-order valence-corrected chi connectivity index (χ0v) is 17.4. The van der Waals surface area contributed by atoms with E-state index in [0.29, 0.717) is 11.3 Å². The topological polar surface area (TPSA) is 101 Å². The lowest BCUT2D eigenvalue weighted by Crippen LogP contribution is -2.40. The van der Waals surface area contributed by atoms with Crippen LogP contribution < -0.4 is 15.8 Å². The molecule has 0 heterocycles. The first-order chi connectivity index (χ1) is 12.8. The van der Waals surface area contributed by atoms with Crippen LogP contribution in [0.2, 0.25) is 0 Å². The first-order valence-corrected chi connectivity index (χ1v) is 10.6. The minimum atomic E-state index is -3.77. The molecule has 6 nitrogen and oxygen atoms in total.